The molecule has 0 saturated carbocycles. The Morgan fingerprint density at radius 1 is 1.17 bits per heavy atom. The van der Waals surface area contributed by atoms with Crippen molar-refractivity contribution in [2.24, 2.45) is 0 Å². The van der Waals surface area contributed by atoms with Crippen LogP contribution < -0.4 is 16.6 Å². The second kappa shape index (κ2) is 8.87. The van der Waals surface area contributed by atoms with Gasteiger partial charge in [-0.2, -0.15) is 4.98 Å². The second-order valence-corrected chi connectivity index (χ2v) is 9.03. The Bertz CT molecular complexity index is 1540. The van der Waals surface area contributed by atoms with Crippen molar-refractivity contribution in [2.45, 2.75) is 18.9 Å². The number of nitrogens with two attached hydrogens (primary N) is 1. The fourth-order valence-electron chi connectivity index (χ4n) is 4.27. The molecular weight excluding hydrogens is 490 g/mol. The van der Waals surface area contributed by atoms with Gasteiger partial charge in [0, 0.05) is 17.6 Å². The zero-order valence-corrected chi connectivity index (χ0v) is 19.8. The highest BCUT2D eigenvalue weighted by Crippen LogP contribution is 2.31. The average Bonchev–Trinajstić information content (AvgIpc) is 2.82. The van der Waals surface area contributed by atoms with Crippen molar-refractivity contribution >= 4 is 40.0 Å². The van der Waals surface area contributed by atoms with Crippen LogP contribution in [0.3, 0.4) is 0 Å². The summed E-state index contributed by atoms with van der Waals surface area (Å²) in [6.45, 7) is 0.434. The molecule has 1 unspecified atom stereocenters. The van der Waals surface area contributed by atoms with Crippen LogP contribution in [0.2, 0.25) is 5.02 Å². The maximum absolute atomic E-state index is 13.6. The van der Waals surface area contributed by atoms with Crippen LogP contribution in [-0.2, 0) is 0 Å². The number of rotatable bonds is 5. The van der Waals surface area contributed by atoms with Crippen molar-refractivity contribution in [1.29, 1.82) is 0 Å². The number of para-hydroxylation sites is 1. The van der Waals surface area contributed by atoms with Gasteiger partial charge in [-0.3, -0.25) is 14.2 Å². The number of anilines is 2. The van der Waals surface area contributed by atoms with E-state index in [1.54, 1.807) is 37.3 Å². The zero-order chi connectivity index (χ0) is 25.6. The standard InChI is InChI=1S/C25H21ClF2N6O2/c1-14(31-21-17(11-30-24(29)32-21)22(35)33-12-25(27,28)13-33)19-10-15-6-5-9-18(26)20(15)23(36)34(19)16-7-3-2-4-8-16/h2-11,14H,12-13H2,1H3,(H3,29,30,31,32). The molecule has 2 aromatic carbocycles. The number of nitrogens with one attached hydrogen (secondary N) is 1. The first-order valence-electron chi connectivity index (χ1n) is 11.1. The minimum Gasteiger partial charge on any atom is -0.368 e. The van der Waals surface area contributed by atoms with Crippen molar-refractivity contribution in [3.63, 3.8) is 0 Å². The van der Waals surface area contributed by atoms with Gasteiger partial charge in [0.05, 0.1) is 29.5 Å². The smallest absolute Gasteiger partial charge is 0.282 e. The number of halogens is 3. The Kier molecular flexibility index (Phi) is 5.83. The molecule has 8 nitrogen and oxygen atoms in total. The van der Waals surface area contributed by atoms with Crippen LogP contribution in [0.5, 0.6) is 0 Å². The van der Waals surface area contributed by atoms with E-state index in [4.69, 9.17) is 17.3 Å². The van der Waals surface area contributed by atoms with Gasteiger partial charge >= 0.3 is 0 Å². The minimum absolute atomic E-state index is 0.00370. The largest absolute Gasteiger partial charge is 0.368 e. The second-order valence-electron chi connectivity index (χ2n) is 8.62. The summed E-state index contributed by atoms with van der Waals surface area (Å²) in [6.07, 6.45) is 1.21. The number of aromatic nitrogens is 3. The molecular formula is C25H21ClF2N6O2. The van der Waals surface area contributed by atoms with Crippen LogP contribution >= 0.6 is 11.6 Å². The highest BCUT2D eigenvalue weighted by Gasteiger charge is 2.47. The first-order chi connectivity index (χ1) is 17.1. The zero-order valence-electron chi connectivity index (χ0n) is 19.1. The van der Waals surface area contributed by atoms with Gasteiger partial charge in [0.25, 0.3) is 17.4 Å². The van der Waals surface area contributed by atoms with Gasteiger partial charge in [0.1, 0.15) is 11.4 Å². The highest BCUT2D eigenvalue weighted by atomic mass is 35.5. The quantitative estimate of drug-likeness (QED) is 0.415. The van der Waals surface area contributed by atoms with E-state index >= 15 is 0 Å². The van der Waals surface area contributed by atoms with Crippen LogP contribution in [0.15, 0.2) is 65.6 Å². The lowest BCUT2D eigenvalue weighted by Crippen LogP contribution is -2.58. The van der Waals surface area contributed by atoms with Crippen LogP contribution in [0.25, 0.3) is 16.5 Å². The Balaban J connectivity index is 1.59. The van der Waals surface area contributed by atoms with Gasteiger partial charge in [0.2, 0.25) is 5.95 Å². The van der Waals surface area contributed by atoms with Gasteiger partial charge in [0.15, 0.2) is 0 Å². The number of alkyl halides is 2. The van der Waals surface area contributed by atoms with E-state index in [9.17, 15) is 18.4 Å². The number of carbonyl (C=O) groups is 1. The molecule has 1 saturated heterocycles. The van der Waals surface area contributed by atoms with E-state index < -0.39 is 31.0 Å². The molecule has 0 aliphatic carbocycles. The summed E-state index contributed by atoms with van der Waals surface area (Å²) in [5, 5.41) is 4.48. The summed E-state index contributed by atoms with van der Waals surface area (Å²) in [5.41, 5.74) is 6.64. The van der Waals surface area contributed by atoms with Gasteiger partial charge < -0.3 is 16.0 Å². The van der Waals surface area contributed by atoms with E-state index in [0.717, 1.165) is 4.90 Å². The molecule has 0 spiro atoms. The van der Waals surface area contributed by atoms with Crippen molar-refractivity contribution in [1.82, 2.24) is 19.4 Å². The van der Waals surface area contributed by atoms with Gasteiger partial charge in [-0.15, -0.1) is 0 Å². The molecule has 3 heterocycles. The number of nitrogen functional groups attached to an aromatic ring is 1. The fraction of sp³-hybridized carbons (Fsp3) is 0.200. The number of amides is 1. The van der Waals surface area contributed by atoms with Crippen LogP contribution in [0.1, 0.15) is 29.0 Å². The molecule has 184 valence electrons. The molecule has 1 aliphatic rings. The third-order valence-electron chi connectivity index (χ3n) is 6.01. The highest BCUT2D eigenvalue weighted by molar-refractivity contribution is 6.35. The maximum Gasteiger partial charge on any atom is 0.282 e. The molecule has 11 heteroatoms. The van der Waals surface area contributed by atoms with Crippen LogP contribution in [0, 0.1) is 0 Å². The Labute approximate surface area is 209 Å². The van der Waals surface area contributed by atoms with Crippen molar-refractivity contribution in [3.05, 3.63) is 87.4 Å². The third kappa shape index (κ3) is 4.24. The lowest BCUT2D eigenvalue weighted by molar-refractivity contribution is -0.113. The summed E-state index contributed by atoms with van der Waals surface area (Å²) in [6, 6.07) is 15.5. The van der Waals surface area contributed by atoms with Crippen molar-refractivity contribution in [3.8, 4) is 5.69 Å². The first-order valence-corrected chi connectivity index (χ1v) is 11.5. The average molecular weight is 511 g/mol. The van der Waals surface area contributed by atoms with E-state index in [1.165, 1.54) is 10.8 Å². The molecule has 1 amide bonds. The molecule has 0 radical (unpaired) electrons. The number of benzene rings is 2. The van der Waals surface area contributed by atoms with E-state index in [0.29, 0.717) is 27.2 Å². The number of fused-ring (bicyclic) bond motifs is 1. The van der Waals surface area contributed by atoms with Gasteiger partial charge in [-0.05, 0) is 36.6 Å². The van der Waals surface area contributed by atoms with E-state index in [2.05, 4.69) is 15.3 Å². The molecule has 3 N–H and O–H groups in total. The SMILES string of the molecule is CC(Nc1nc(N)ncc1C(=O)N1CC(F)(F)C1)c1cc2cccc(Cl)c2c(=O)n1-c1ccccc1. The van der Waals surface area contributed by atoms with E-state index in [-0.39, 0.29) is 22.9 Å². The molecule has 5 rings (SSSR count). The lowest BCUT2D eigenvalue weighted by atomic mass is 10.1. The van der Waals surface area contributed by atoms with Crippen LogP contribution in [-0.4, -0.2) is 44.4 Å². The van der Waals surface area contributed by atoms with Gasteiger partial charge in [-0.1, -0.05) is 41.9 Å². The normalized spacial score (nSPS) is 15.4. The summed E-state index contributed by atoms with van der Waals surface area (Å²) < 4.78 is 28.3. The number of likely N-dealkylation sites (tertiary alicyclic amines) is 1. The topological polar surface area (TPSA) is 106 Å². The van der Waals surface area contributed by atoms with Crippen LogP contribution in [0.4, 0.5) is 20.5 Å². The maximum atomic E-state index is 13.6. The number of hydrogen-bond acceptors (Lipinski definition) is 6. The predicted molar refractivity (Wildman–Crippen MR) is 134 cm³/mol. The molecule has 4 aromatic rings. The predicted octanol–water partition coefficient (Wildman–Crippen LogP) is 4.28. The minimum atomic E-state index is -2.91. The van der Waals surface area contributed by atoms with Crippen molar-refractivity contribution < 1.29 is 13.6 Å². The molecule has 36 heavy (non-hydrogen) atoms. The van der Waals surface area contributed by atoms with Crippen molar-refractivity contribution in [2.75, 3.05) is 24.1 Å². The number of carbonyl (C=O) groups excluding carboxylic acids is 1. The van der Waals surface area contributed by atoms with Gasteiger partial charge in [-0.25, -0.2) is 13.8 Å². The Hall–Kier alpha value is -4.05. The summed E-state index contributed by atoms with van der Waals surface area (Å²) >= 11 is 6.37. The first kappa shape index (κ1) is 23.7. The molecule has 1 fully saturated rings. The number of pyridine rings is 1. The lowest BCUT2D eigenvalue weighted by Gasteiger charge is -2.38. The molecule has 0 bridgehead atoms. The Morgan fingerprint density at radius 2 is 1.89 bits per heavy atom. The summed E-state index contributed by atoms with van der Waals surface area (Å²) in [7, 11) is 0. The van der Waals surface area contributed by atoms with E-state index in [1.807, 2.05) is 24.3 Å². The number of hydrogen-bond donors (Lipinski definition) is 2. The fourth-order valence-corrected chi connectivity index (χ4v) is 4.53. The third-order valence-corrected chi connectivity index (χ3v) is 6.32. The monoisotopic (exact) mass is 510 g/mol. The molecule has 1 aliphatic heterocycles. The summed E-state index contributed by atoms with van der Waals surface area (Å²) in [5.74, 6) is -3.57. The molecule has 1 atom stereocenters. The Morgan fingerprint density at radius 3 is 2.58 bits per heavy atom. The summed E-state index contributed by atoms with van der Waals surface area (Å²) in [4.78, 5) is 35.5. The molecule has 2 aromatic heterocycles. The number of nitrogens with zero attached hydrogens (tertiary/aromatic N) is 4.